The fourth-order valence-electron chi connectivity index (χ4n) is 1.60. The zero-order valence-corrected chi connectivity index (χ0v) is 12.3. The van der Waals surface area contributed by atoms with Gasteiger partial charge in [-0.05, 0) is 49.8 Å². The second-order valence-corrected chi connectivity index (χ2v) is 5.06. The summed E-state index contributed by atoms with van der Waals surface area (Å²) in [6, 6.07) is 7.37. The zero-order valence-electron chi connectivity index (χ0n) is 10.7. The Morgan fingerprint density at radius 1 is 1.44 bits per heavy atom. The third-order valence-electron chi connectivity index (χ3n) is 2.36. The number of aliphatic hydroxyl groups is 1. The maximum atomic E-state index is 9.45. The first kappa shape index (κ1) is 15.2. The van der Waals surface area contributed by atoms with Crippen molar-refractivity contribution in [3.63, 3.8) is 0 Å². The van der Waals surface area contributed by atoms with Crippen molar-refractivity contribution in [2.75, 3.05) is 18.4 Å². The molecule has 0 amide bonds. The molecule has 0 aliphatic carbocycles. The van der Waals surface area contributed by atoms with E-state index in [-0.39, 0.29) is 0 Å². The Labute approximate surface area is 119 Å². The van der Waals surface area contributed by atoms with Crippen molar-refractivity contribution in [3.8, 4) is 0 Å². The fourth-order valence-corrected chi connectivity index (χ4v) is 2.01. The van der Waals surface area contributed by atoms with Crippen molar-refractivity contribution < 1.29 is 5.11 Å². The van der Waals surface area contributed by atoms with E-state index in [1.54, 1.807) is 6.92 Å². The van der Waals surface area contributed by atoms with Crippen LogP contribution in [-0.4, -0.2) is 34.3 Å². The molecule has 18 heavy (non-hydrogen) atoms. The van der Waals surface area contributed by atoms with E-state index in [1.807, 2.05) is 29.2 Å². The highest BCUT2D eigenvalue weighted by atomic mass is 35.5. The van der Waals surface area contributed by atoms with Gasteiger partial charge in [0, 0.05) is 23.8 Å². The predicted molar refractivity (Wildman–Crippen MR) is 81.2 cm³/mol. The van der Waals surface area contributed by atoms with Crippen molar-refractivity contribution in [1.29, 1.82) is 0 Å². The highest BCUT2D eigenvalue weighted by Gasteiger charge is 2.11. The van der Waals surface area contributed by atoms with Crippen molar-refractivity contribution in [2.45, 2.75) is 26.4 Å². The number of rotatable bonds is 5. The SMILES string of the molecule is CCCN(C[C@H](C)O)C(=S)Nc1ccc(Cl)cc1. The normalized spacial score (nSPS) is 12.0. The Bertz CT molecular complexity index is 381. The second-order valence-electron chi connectivity index (χ2n) is 4.23. The van der Waals surface area contributed by atoms with Gasteiger partial charge in [-0.15, -0.1) is 0 Å². The summed E-state index contributed by atoms with van der Waals surface area (Å²) < 4.78 is 0. The van der Waals surface area contributed by atoms with E-state index in [0.29, 0.717) is 16.7 Å². The number of hydrogen-bond acceptors (Lipinski definition) is 2. The minimum atomic E-state index is -0.401. The minimum absolute atomic E-state index is 0.401. The van der Waals surface area contributed by atoms with Gasteiger partial charge in [0.1, 0.15) is 0 Å². The molecule has 3 nitrogen and oxygen atoms in total. The second kappa shape index (κ2) is 7.56. The summed E-state index contributed by atoms with van der Waals surface area (Å²) in [7, 11) is 0. The minimum Gasteiger partial charge on any atom is -0.392 e. The topological polar surface area (TPSA) is 35.5 Å². The quantitative estimate of drug-likeness (QED) is 0.815. The van der Waals surface area contributed by atoms with E-state index in [4.69, 9.17) is 23.8 Å². The van der Waals surface area contributed by atoms with Crippen molar-refractivity contribution in [1.82, 2.24) is 4.90 Å². The first-order chi connectivity index (χ1) is 8.52. The molecule has 0 aromatic heterocycles. The molecule has 1 atom stereocenters. The van der Waals surface area contributed by atoms with E-state index >= 15 is 0 Å². The molecule has 1 aromatic rings. The van der Waals surface area contributed by atoms with Gasteiger partial charge >= 0.3 is 0 Å². The Morgan fingerprint density at radius 3 is 2.56 bits per heavy atom. The van der Waals surface area contributed by atoms with Crippen LogP contribution < -0.4 is 5.32 Å². The average molecular weight is 287 g/mol. The van der Waals surface area contributed by atoms with Crippen LogP contribution in [0.15, 0.2) is 24.3 Å². The molecule has 0 spiro atoms. The Kier molecular flexibility index (Phi) is 6.39. The highest BCUT2D eigenvalue weighted by molar-refractivity contribution is 7.80. The van der Waals surface area contributed by atoms with Crippen LogP contribution in [0.5, 0.6) is 0 Å². The first-order valence-corrected chi connectivity index (χ1v) is 6.81. The highest BCUT2D eigenvalue weighted by Crippen LogP contribution is 2.14. The molecule has 0 fully saturated rings. The number of aliphatic hydroxyl groups excluding tert-OH is 1. The van der Waals surface area contributed by atoms with Gasteiger partial charge in [-0.3, -0.25) is 0 Å². The van der Waals surface area contributed by atoms with Crippen molar-refractivity contribution in [2.24, 2.45) is 0 Å². The van der Waals surface area contributed by atoms with Gasteiger partial charge in [0.25, 0.3) is 0 Å². The van der Waals surface area contributed by atoms with E-state index in [9.17, 15) is 5.11 Å². The smallest absolute Gasteiger partial charge is 0.173 e. The van der Waals surface area contributed by atoms with Crippen molar-refractivity contribution in [3.05, 3.63) is 29.3 Å². The third kappa shape index (κ3) is 5.21. The van der Waals surface area contributed by atoms with Crippen LogP contribution in [0.3, 0.4) is 0 Å². The summed E-state index contributed by atoms with van der Waals surface area (Å²) in [5, 5.41) is 13.9. The molecule has 0 bridgehead atoms. The van der Waals surface area contributed by atoms with Crippen LogP contribution in [0.2, 0.25) is 5.02 Å². The Balaban J connectivity index is 2.63. The maximum absolute atomic E-state index is 9.45. The molecule has 0 heterocycles. The van der Waals surface area contributed by atoms with Crippen LogP contribution in [0, 0.1) is 0 Å². The average Bonchev–Trinajstić information content (AvgIpc) is 2.31. The van der Waals surface area contributed by atoms with Gasteiger partial charge in [-0.25, -0.2) is 0 Å². The lowest BCUT2D eigenvalue weighted by Gasteiger charge is -2.26. The molecule has 1 aromatic carbocycles. The third-order valence-corrected chi connectivity index (χ3v) is 2.97. The lowest BCUT2D eigenvalue weighted by molar-refractivity contribution is 0.160. The number of anilines is 1. The van der Waals surface area contributed by atoms with Gasteiger partial charge in [0.2, 0.25) is 0 Å². The Morgan fingerprint density at radius 2 is 2.06 bits per heavy atom. The molecule has 0 unspecified atom stereocenters. The molecule has 5 heteroatoms. The number of nitrogens with one attached hydrogen (secondary N) is 1. The summed E-state index contributed by atoms with van der Waals surface area (Å²) >= 11 is 11.2. The predicted octanol–water partition coefficient (Wildman–Crippen LogP) is 3.13. The monoisotopic (exact) mass is 286 g/mol. The lowest BCUT2D eigenvalue weighted by atomic mass is 10.3. The summed E-state index contributed by atoms with van der Waals surface area (Å²) in [6.45, 7) is 5.20. The molecular formula is C13H19ClN2OS. The van der Waals surface area contributed by atoms with Crippen molar-refractivity contribution >= 4 is 34.6 Å². The van der Waals surface area contributed by atoms with E-state index in [0.717, 1.165) is 18.7 Å². The number of benzene rings is 1. The molecule has 1 rings (SSSR count). The van der Waals surface area contributed by atoms with Gasteiger partial charge in [0.15, 0.2) is 5.11 Å². The van der Waals surface area contributed by atoms with Crippen LogP contribution in [-0.2, 0) is 0 Å². The molecule has 0 saturated heterocycles. The fraction of sp³-hybridized carbons (Fsp3) is 0.462. The standard InChI is InChI=1S/C13H19ClN2OS/c1-3-8-16(9-10(2)17)13(18)15-12-6-4-11(14)5-7-12/h4-7,10,17H,3,8-9H2,1-2H3,(H,15,18)/t10-/m0/s1. The van der Waals surface area contributed by atoms with Gasteiger partial charge < -0.3 is 15.3 Å². The number of hydrogen-bond donors (Lipinski definition) is 2. The maximum Gasteiger partial charge on any atom is 0.173 e. The molecule has 2 N–H and O–H groups in total. The molecule has 100 valence electrons. The van der Waals surface area contributed by atoms with E-state index in [2.05, 4.69) is 12.2 Å². The van der Waals surface area contributed by atoms with Crippen LogP contribution in [0.1, 0.15) is 20.3 Å². The summed E-state index contributed by atoms with van der Waals surface area (Å²) in [5.41, 5.74) is 0.899. The number of thiocarbonyl (C=S) groups is 1. The number of nitrogens with zero attached hydrogens (tertiary/aromatic N) is 1. The Hall–Kier alpha value is -0.840. The lowest BCUT2D eigenvalue weighted by Crippen LogP contribution is -2.39. The molecule has 0 aliphatic rings. The van der Waals surface area contributed by atoms with E-state index in [1.165, 1.54) is 0 Å². The summed E-state index contributed by atoms with van der Waals surface area (Å²) in [5.74, 6) is 0. The summed E-state index contributed by atoms with van der Waals surface area (Å²) in [4.78, 5) is 1.97. The first-order valence-electron chi connectivity index (χ1n) is 6.02. The number of halogens is 1. The zero-order chi connectivity index (χ0) is 13.5. The molecule has 0 radical (unpaired) electrons. The largest absolute Gasteiger partial charge is 0.392 e. The van der Waals surface area contributed by atoms with Gasteiger partial charge in [-0.1, -0.05) is 18.5 Å². The molecular weight excluding hydrogens is 268 g/mol. The molecule has 0 saturated carbocycles. The van der Waals surface area contributed by atoms with Gasteiger partial charge in [-0.2, -0.15) is 0 Å². The van der Waals surface area contributed by atoms with E-state index < -0.39 is 6.10 Å². The van der Waals surface area contributed by atoms with Crippen LogP contribution in [0.25, 0.3) is 0 Å². The van der Waals surface area contributed by atoms with Crippen LogP contribution >= 0.6 is 23.8 Å². The van der Waals surface area contributed by atoms with Crippen LogP contribution in [0.4, 0.5) is 5.69 Å². The summed E-state index contributed by atoms with van der Waals surface area (Å²) in [6.07, 6.45) is 0.580. The molecule has 0 aliphatic heterocycles. The van der Waals surface area contributed by atoms with Gasteiger partial charge in [0.05, 0.1) is 6.10 Å².